The molecule has 1 aliphatic rings. The topological polar surface area (TPSA) is 89.0 Å². The molecule has 4 rings (SSSR count). The Hall–Kier alpha value is -3.65. The third-order valence-electron chi connectivity index (χ3n) is 5.91. The van der Waals surface area contributed by atoms with E-state index in [1.54, 1.807) is 48.1 Å². The van der Waals surface area contributed by atoms with Crippen molar-refractivity contribution >= 4 is 23.0 Å². The summed E-state index contributed by atoms with van der Waals surface area (Å²) in [4.78, 5) is 32.8. The quantitative estimate of drug-likeness (QED) is 0.333. The minimum absolute atomic E-state index is 0.0577. The SMILES string of the molecule is CCOc1cc(C2C(C(=O)c3cccs3)=C(O)C(=O)N2Cc2cccnc2)ccc1OCCC(C)C. The Morgan fingerprint density at radius 1 is 1.17 bits per heavy atom. The first-order valence-corrected chi connectivity index (χ1v) is 12.9. The third kappa shape index (κ3) is 5.44. The van der Waals surface area contributed by atoms with Gasteiger partial charge < -0.3 is 19.5 Å². The van der Waals surface area contributed by atoms with Crippen molar-refractivity contribution in [3.63, 3.8) is 0 Å². The zero-order valence-electron chi connectivity index (χ0n) is 20.6. The molecule has 1 unspecified atom stereocenters. The fourth-order valence-corrected chi connectivity index (χ4v) is 4.79. The highest BCUT2D eigenvalue weighted by Crippen LogP contribution is 2.42. The fourth-order valence-electron chi connectivity index (χ4n) is 4.11. The molecule has 0 aliphatic carbocycles. The van der Waals surface area contributed by atoms with Crippen molar-refractivity contribution < 1.29 is 24.2 Å². The maximum absolute atomic E-state index is 13.5. The molecule has 7 nitrogen and oxygen atoms in total. The van der Waals surface area contributed by atoms with Gasteiger partial charge in [0.1, 0.15) is 0 Å². The number of carbonyl (C=O) groups excluding carboxylic acids is 2. The molecule has 1 atom stereocenters. The van der Waals surface area contributed by atoms with E-state index in [-0.39, 0.29) is 17.9 Å². The molecule has 0 bridgehead atoms. The molecule has 1 N–H and O–H groups in total. The highest BCUT2D eigenvalue weighted by atomic mass is 32.1. The van der Waals surface area contributed by atoms with Crippen LogP contribution in [0.3, 0.4) is 0 Å². The summed E-state index contributed by atoms with van der Waals surface area (Å²) in [5, 5.41) is 12.7. The van der Waals surface area contributed by atoms with E-state index >= 15 is 0 Å². The van der Waals surface area contributed by atoms with Crippen molar-refractivity contribution in [2.24, 2.45) is 5.92 Å². The number of carbonyl (C=O) groups is 2. The average Bonchev–Trinajstić information content (AvgIpc) is 3.49. The molecule has 2 aromatic heterocycles. The molecule has 188 valence electrons. The van der Waals surface area contributed by atoms with Crippen LogP contribution in [0.1, 0.15) is 54.0 Å². The maximum atomic E-state index is 13.5. The number of pyridine rings is 1. The lowest BCUT2D eigenvalue weighted by molar-refractivity contribution is -0.130. The van der Waals surface area contributed by atoms with Crippen LogP contribution in [-0.4, -0.2) is 39.9 Å². The Kier molecular flexibility index (Phi) is 8.05. The van der Waals surface area contributed by atoms with Gasteiger partial charge in [0.2, 0.25) is 5.78 Å². The molecule has 1 aliphatic heterocycles. The molecule has 1 amide bonds. The van der Waals surface area contributed by atoms with Crippen LogP contribution in [0.5, 0.6) is 11.5 Å². The Morgan fingerprint density at radius 3 is 2.67 bits per heavy atom. The Balaban J connectivity index is 1.75. The standard InChI is InChI=1S/C28H30N2O5S/c1-4-34-22-15-20(9-10-21(22)35-13-11-18(2)3)25-24(26(31)23-8-6-14-36-23)27(32)28(33)30(25)17-19-7-5-12-29-16-19/h5-10,12,14-16,18,25,32H,4,11,13,17H2,1-3H3. The van der Waals surface area contributed by atoms with Crippen molar-refractivity contribution in [1.82, 2.24) is 9.88 Å². The molecule has 0 saturated heterocycles. The highest BCUT2D eigenvalue weighted by molar-refractivity contribution is 7.12. The maximum Gasteiger partial charge on any atom is 0.290 e. The van der Waals surface area contributed by atoms with Gasteiger partial charge in [-0.05, 0) is 60.0 Å². The molecule has 0 spiro atoms. The molecule has 8 heteroatoms. The molecular weight excluding hydrogens is 476 g/mol. The van der Waals surface area contributed by atoms with Gasteiger partial charge in [-0.1, -0.05) is 32.0 Å². The second kappa shape index (κ2) is 11.4. The first-order valence-electron chi connectivity index (χ1n) is 12.0. The minimum atomic E-state index is -0.795. The summed E-state index contributed by atoms with van der Waals surface area (Å²) in [7, 11) is 0. The molecule has 3 heterocycles. The number of ketones is 1. The molecule has 3 aromatic rings. The zero-order valence-corrected chi connectivity index (χ0v) is 21.5. The minimum Gasteiger partial charge on any atom is -0.503 e. The Labute approximate surface area is 215 Å². The van der Waals surface area contributed by atoms with Crippen LogP contribution in [0.25, 0.3) is 0 Å². The van der Waals surface area contributed by atoms with Gasteiger partial charge in [0, 0.05) is 18.9 Å². The van der Waals surface area contributed by atoms with Crippen LogP contribution in [0.4, 0.5) is 0 Å². The lowest BCUT2D eigenvalue weighted by Crippen LogP contribution is -2.30. The van der Waals surface area contributed by atoms with Gasteiger partial charge in [-0.3, -0.25) is 14.6 Å². The molecule has 1 aromatic carbocycles. The monoisotopic (exact) mass is 506 g/mol. The molecule has 36 heavy (non-hydrogen) atoms. The molecule has 0 radical (unpaired) electrons. The Bertz CT molecular complexity index is 1240. The van der Waals surface area contributed by atoms with E-state index in [1.165, 1.54) is 16.2 Å². The Morgan fingerprint density at radius 2 is 2.00 bits per heavy atom. The number of hydrogen-bond donors (Lipinski definition) is 1. The fraction of sp³-hybridized carbons (Fsp3) is 0.321. The normalized spacial score (nSPS) is 15.6. The van der Waals surface area contributed by atoms with Gasteiger partial charge >= 0.3 is 0 Å². The molecule has 0 saturated carbocycles. The largest absolute Gasteiger partial charge is 0.503 e. The summed E-state index contributed by atoms with van der Waals surface area (Å²) < 4.78 is 11.8. The summed E-state index contributed by atoms with van der Waals surface area (Å²) >= 11 is 1.27. The molecular formula is C28H30N2O5S. The number of Topliss-reactive ketones (excluding diaryl/α,β-unsaturated/α-hetero) is 1. The smallest absolute Gasteiger partial charge is 0.290 e. The van der Waals surface area contributed by atoms with E-state index in [1.807, 2.05) is 19.1 Å². The third-order valence-corrected chi connectivity index (χ3v) is 6.77. The number of aliphatic hydroxyl groups excluding tert-OH is 1. The summed E-state index contributed by atoms with van der Waals surface area (Å²) in [5.74, 6) is 0.135. The molecule has 0 fully saturated rings. The van der Waals surface area contributed by atoms with E-state index < -0.39 is 17.7 Å². The van der Waals surface area contributed by atoms with Crippen LogP contribution in [0.2, 0.25) is 0 Å². The van der Waals surface area contributed by atoms with Gasteiger partial charge in [0.05, 0.1) is 29.7 Å². The number of nitrogens with zero attached hydrogens (tertiary/aromatic N) is 2. The van der Waals surface area contributed by atoms with E-state index in [0.717, 1.165) is 12.0 Å². The van der Waals surface area contributed by atoms with Crippen LogP contribution in [-0.2, 0) is 11.3 Å². The predicted octanol–water partition coefficient (Wildman–Crippen LogP) is 5.75. The second-order valence-corrected chi connectivity index (χ2v) is 9.88. The number of hydrogen-bond acceptors (Lipinski definition) is 7. The van der Waals surface area contributed by atoms with Gasteiger partial charge in [-0.2, -0.15) is 0 Å². The lowest BCUT2D eigenvalue weighted by atomic mass is 9.95. The average molecular weight is 507 g/mol. The van der Waals surface area contributed by atoms with Crippen LogP contribution < -0.4 is 9.47 Å². The first-order chi connectivity index (χ1) is 17.4. The number of rotatable bonds is 11. The van der Waals surface area contributed by atoms with E-state index in [9.17, 15) is 14.7 Å². The van der Waals surface area contributed by atoms with E-state index in [4.69, 9.17) is 9.47 Å². The van der Waals surface area contributed by atoms with Gasteiger partial charge in [0.25, 0.3) is 5.91 Å². The van der Waals surface area contributed by atoms with Crippen molar-refractivity contribution in [3.8, 4) is 11.5 Å². The number of thiophene rings is 1. The number of amides is 1. The summed E-state index contributed by atoms with van der Waals surface area (Å²) in [6.07, 6.45) is 4.22. The van der Waals surface area contributed by atoms with Gasteiger partial charge in [-0.15, -0.1) is 11.3 Å². The first kappa shape index (κ1) is 25.4. The number of ether oxygens (including phenoxy) is 2. The zero-order chi connectivity index (χ0) is 25.7. The predicted molar refractivity (Wildman–Crippen MR) is 138 cm³/mol. The van der Waals surface area contributed by atoms with Crippen molar-refractivity contribution in [1.29, 1.82) is 0 Å². The van der Waals surface area contributed by atoms with Crippen LogP contribution in [0.15, 0.2) is 71.6 Å². The lowest BCUT2D eigenvalue weighted by Gasteiger charge is -2.27. The van der Waals surface area contributed by atoms with Gasteiger partial charge in [0.15, 0.2) is 17.3 Å². The van der Waals surface area contributed by atoms with Crippen molar-refractivity contribution in [2.75, 3.05) is 13.2 Å². The highest BCUT2D eigenvalue weighted by Gasteiger charge is 2.44. The summed E-state index contributed by atoms with van der Waals surface area (Å²) in [6, 6.07) is 11.7. The summed E-state index contributed by atoms with van der Waals surface area (Å²) in [6.45, 7) is 7.31. The van der Waals surface area contributed by atoms with E-state index in [0.29, 0.717) is 41.1 Å². The number of benzene rings is 1. The van der Waals surface area contributed by atoms with E-state index in [2.05, 4.69) is 18.8 Å². The van der Waals surface area contributed by atoms with Crippen molar-refractivity contribution in [2.45, 2.75) is 39.8 Å². The van der Waals surface area contributed by atoms with Crippen molar-refractivity contribution in [3.05, 3.63) is 87.6 Å². The summed E-state index contributed by atoms with van der Waals surface area (Å²) in [5.41, 5.74) is 1.49. The second-order valence-electron chi connectivity index (χ2n) is 8.94. The number of aliphatic hydroxyl groups is 1. The van der Waals surface area contributed by atoms with Crippen LogP contribution >= 0.6 is 11.3 Å². The van der Waals surface area contributed by atoms with Gasteiger partial charge in [-0.25, -0.2) is 0 Å². The number of aromatic nitrogens is 1. The van der Waals surface area contributed by atoms with Crippen LogP contribution in [0, 0.1) is 5.92 Å².